The fraction of sp³-hybridized carbons (Fsp3) is 0.120. The van der Waals surface area contributed by atoms with Crippen LogP contribution in [-0.2, 0) is 6.42 Å². The predicted octanol–water partition coefficient (Wildman–Crippen LogP) is 1.48. The van der Waals surface area contributed by atoms with E-state index in [9.17, 15) is 5.26 Å². The molecule has 0 saturated carbocycles. The van der Waals surface area contributed by atoms with Crippen molar-refractivity contribution in [3.8, 4) is 6.07 Å². The Bertz CT molecular complexity index is 1050. The fourth-order valence-electron chi connectivity index (χ4n) is 3.69. The second-order valence-corrected chi connectivity index (χ2v) is 11.2. The summed E-state index contributed by atoms with van der Waals surface area (Å²) < 4.78 is 6.12. The Morgan fingerprint density at radius 1 is 0.839 bits per heavy atom. The first-order valence-corrected chi connectivity index (χ1v) is 12.6. The molecular formula is C25H22BrN2OPS. The second-order valence-electron chi connectivity index (χ2n) is 6.66. The molecule has 0 N–H and O–H groups in total. The van der Waals surface area contributed by atoms with Gasteiger partial charge < -0.3 is 21.4 Å². The van der Waals surface area contributed by atoms with Crippen LogP contribution in [0.25, 0.3) is 0 Å². The molecule has 6 heteroatoms. The molecule has 1 heterocycles. The van der Waals surface area contributed by atoms with Gasteiger partial charge in [0, 0.05) is 0 Å². The van der Waals surface area contributed by atoms with Crippen LogP contribution >= 0.6 is 19.0 Å². The third-order valence-electron chi connectivity index (χ3n) is 4.88. The van der Waals surface area contributed by atoms with E-state index >= 15 is 0 Å². The van der Waals surface area contributed by atoms with Gasteiger partial charge in [0.05, 0.1) is 6.07 Å². The van der Waals surface area contributed by atoms with Crippen molar-refractivity contribution in [3.05, 3.63) is 96.9 Å². The second kappa shape index (κ2) is 10.8. The minimum atomic E-state index is -2.31. The fourth-order valence-corrected chi connectivity index (χ4v) is 8.95. The summed E-state index contributed by atoms with van der Waals surface area (Å²) in [5.41, 5.74) is 0.947. The minimum Gasteiger partial charge on any atom is -1.00 e. The molecule has 3 aromatic carbocycles. The van der Waals surface area contributed by atoms with Crippen LogP contribution in [0.1, 0.15) is 12.8 Å². The van der Waals surface area contributed by atoms with E-state index in [1.54, 1.807) is 11.8 Å². The molecule has 156 valence electrons. The minimum absolute atomic E-state index is 0. The number of oxazole rings is 1. The van der Waals surface area contributed by atoms with Crippen LogP contribution in [0.3, 0.4) is 0 Å². The molecule has 4 aromatic rings. The summed E-state index contributed by atoms with van der Waals surface area (Å²) in [6, 6.07) is 33.9. The van der Waals surface area contributed by atoms with Crippen LogP contribution in [0.15, 0.2) is 101 Å². The van der Waals surface area contributed by atoms with E-state index in [1.165, 1.54) is 15.9 Å². The SMILES string of the molecule is CCSc1oc(CC#N)nc1[P+](c1ccccc1)(c1ccccc1)c1ccccc1.[Br-]. The van der Waals surface area contributed by atoms with Gasteiger partial charge in [0.1, 0.15) is 22.3 Å². The molecule has 0 spiro atoms. The number of rotatable bonds is 7. The van der Waals surface area contributed by atoms with E-state index in [-0.39, 0.29) is 23.4 Å². The van der Waals surface area contributed by atoms with Crippen LogP contribution < -0.4 is 38.3 Å². The lowest BCUT2D eigenvalue weighted by Gasteiger charge is -2.25. The molecule has 0 amide bonds. The molecule has 0 aliphatic carbocycles. The molecule has 0 atom stereocenters. The lowest BCUT2D eigenvalue weighted by molar-refractivity contribution is -0.00000674. The van der Waals surface area contributed by atoms with Gasteiger partial charge in [-0.25, -0.2) is 0 Å². The summed E-state index contributed by atoms with van der Waals surface area (Å²) in [6.07, 6.45) is 0.162. The molecule has 0 aliphatic rings. The summed E-state index contributed by atoms with van der Waals surface area (Å²) >= 11 is 1.65. The van der Waals surface area contributed by atoms with Crippen molar-refractivity contribution in [3.63, 3.8) is 0 Å². The number of benzene rings is 3. The van der Waals surface area contributed by atoms with Gasteiger partial charge in [0.15, 0.2) is 7.26 Å². The van der Waals surface area contributed by atoms with Crippen LogP contribution in [0, 0.1) is 11.3 Å². The van der Waals surface area contributed by atoms with Crippen molar-refractivity contribution >= 4 is 40.4 Å². The highest BCUT2D eigenvalue weighted by Crippen LogP contribution is 2.55. The van der Waals surface area contributed by atoms with Gasteiger partial charge in [-0.05, 0) is 42.2 Å². The number of aromatic nitrogens is 1. The standard InChI is InChI=1S/C25H22N2OPS.BrH/c1-2-30-25-24(27-23(28-25)18-19-26)29(20-12-6-3-7-13-20,21-14-8-4-9-15-21)22-16-10-5-11-17-22;/h3-17H,2,18H2,1H3;1H/q+1;/p-1. The number of hydrogen-bond acceptors (Lipinski definition) is 4. The zero-order valence-corrected chi connectivity index (χ0v) is 20.4. The maximum absolute atomic E-state index is 9.26. The summed E-state index contributed by atoms with van der Waals surface area (Å²) in [7, 11) is -2.31. The zero-order valence-electron chi connectivity index (χ0n) is 17.1. The van der Waals surface area contributed by atoms with Crippen molar-refractivity contribution in [2.45, 2.75) is 18.4 Å². The first-order chi connectivity index (χ1) is 14.8. The van der Waals surface area contributed by atoms with Gasteiger partial charge in [0.2, 0.25) is 11.0 Å². The van der Waals surface area contributed by atoms with Crippen molar-refractivity contribution in [1.29, 1.82) is 5.26 Å². The molecular weight excluding hydrogens is 487 g/mol. The zero-order chi connectivity index (χ0) is 20.8. The van der Waals surface area contributed by atoms with E-state index in [2.05, 4.69) is 85.8 Å². The highest BCUT2D eigenvalue weighted by Gasteiger charge is 2.52. The number of halogens is 1. The van der Waals surface area contributed by atoms with Gasteiger partial charge in [-0.3, -0.25) is 0 Å². The topological polar surface area (TPSA) is 49.8 Å². The molecule has 31 heavy (non-hydrogen) atoms. The molecule has 0 saturated heterocycles. The van der Waals surface area contributed by atoms with Gasteiger partial charge in [-0.1, -0.05) is 73.3 Å². The Morgan fingerprint density at radius 3 is 1.68 bits per heavy atom. The maximum Gasteiger partial charge on any atom is 0.250 e. The predicted molar refractivity (Wildman–Crippen MR) is 127 cm³/mol. The third kappa shape index (κ3) is 4.48. The molecule has 4 rings (SSSR count). The molecule has 0 bridgehead atoms. The molecule has 0 radical (unpaired) electrons. The highest BCUT2D eigenvalue weighted by molar-refractivity contribution is 8.04. The Hall–Kier alpha value is -2.38. The molecule has 0 aliphatic heterocycles. The summed E-state index contributed by atoms with van der Waals surface area (Å²) in [6.45, 7) is 2.11. The number of hydrogen-bond donors (Lipinski definition) is 0. The Balaban J connectivity index is 0.00000272. The Kier molecular flexibility index (Phi) is 8.09. The third-order valence-corrected chi connectivity index (χ3v) is 10.0. The number of thioether (sulfide) groups is 1. The summed E-state index contributed by atoms with van der Waals surface area (Å²) in [5.74, 6) is 1.35. The number of nitriles is 1. The van der Waals surface area contributed by atoms with Gasteiger partial charge in [-0.15, -0.1) is 0 Å². The molecule has 0 fully saturated rings. The van der Waals surface area contributed by atoms with Gasteiger partial charge in [0.25, 0.3) is 5.44 Å². The number of nitrogens with zero attached hydrogens (tertiary/aromatic N) is 2. The monoisotopic (exact) mass is 508 g/mol. The highest BCUT2D eigenvalue weighted by atomic mass is 79.9. The average Bonchev–Trinajstić information content (AvgIpc) is 3.20. The molecule has 1 aromatic heterocycles. The first kappa shape index (κ1) is 23.3. The van der Waals surface area contributed by atoms with Crippen LogP contribution in [0.4, 0.5) is 0 Å². The quantitative estimate of drug-likeness (QED) is 0.280. The lowest BCUT2D eigenvalue weighted by Crippen LogP contribution is -3.00. The van der Waals surface area contributed by atoms with E-state index in [4.69, 9.17) is 9.40 Å². The van der Waals surface area contributed by atoms with Crippen molar-refractivity contribution < 1.29 is 21.4 Å². The van der Waals surface area contributed by atoms with Crippen molar-refractivity contribution in [1.82, 2.24) is 4.98 Å². The van der Waals surface area contributed by atoms with E-state index < -0.39 is 7.26 Å². The van der Waals surface area contributed by atoms with Gasteiger partial charge >= 0.3 is 0 Å². The smallest absolute Gasteiger partial charge is 0.250 e. The first-order valence-electron chi connectivity index (χ1n) is 9.86. The van der Waals surface area contributed by atoms with Crippen LogP contribution in [0.5, 0.6) is 0 Å². The molecule has 0 unspecified atom stereocenters. The Labute approximate surface area is 198 Å². The van der Waals surface area contributed by atoms with Crippen molar-refractivity contribution in [2.24, 2.45) is 0 Å². The van der Waals surface area contributed by atoms with E-state index in [1.807, 2.05) is 18.2 Å². The van der Waals surface area contributed by atoms with Crippen LogP contribution in [-0.4, -0.2) is 10.7 Å². The largest absolute Gasteiger partial charge is 1.00 e. The average molecular weight is 509 g/mol. The van der Waals surface area contributed by atoms with E-state index in [0.29, 0.717) is 5.89 Å². The van der Waals surface area contributed by atoms with Gasteiger partial charge in [-0.2, -0.15) is 10.2 Å². The summed E-state index contributed by atoms with van der Waals surface area (Å²) in [4.78, 5) is 4.96. The van der Waals surface area contributed by atoms with Crippen molar-refractivity contribution in [2.75, 3.05) is 5.75 Å². The Morgan fingerprint density at radius 2 is 1.29 bits per heavy atom. The van der Waals surface area contributed by atoms with Crippen LogP contribution in [0.2, 0.25) is 0 Å². The summed E-state index contributed by atoms with van der Waals surface area (Å²) in [5, 5.41) is 13.7. The normalized spacial score (nSPS) is 10.8. The lowest BCUT2D eigenvalue weighted by atomic mass is 10.4. The maximum atomic E-state index is 9.26. The molecule has 3 nitrogen and oxygen atoms in total. The van der Waals surface area contributed by atoms with E-state index in [0.717, 1.165) is 16.3 Å².